The third-order valence-electron chi connectivity index (χ3n) is 5.07. The van der Waals surface area contributed by atoms with Crippen LogP contribution in [0.25, 0.3) is 0 Å². The summed E-state index contributed by atoms with van der Waals surface area (Å²) in [6.07, 6.45) is 0. The fraction of sp³-hybridized carbons (Fsp3) is 0.250. The second-order valence-corrected chi connectivity index (χ2v) is 6.46. The van der Waals surface area contributed by atoms with Crippen LogP contribution in [0.2, 0.25) is 0 Å². The van der Waals surface area contributed by atoms with Crippen LogP contribution in [0, 0.1) is 11.8 Å². The standard InChI is InChI=1S/C20H17NO5/c1-11-16-14-5-3-4-6-15(14)26-20(24)17(16)19(23)21(18(11)22)12-7-9-13(25-2)10-8-12/h3-11,16-17H,1-2H3. The highest BCUT2D eigenvalue weighted by molar-refractivity contribution is 6.23. The van der Waals surface area contributed by atoms with Crippen molar-refractivity contribution in [2.24, 2.45) is 11.8 Å². The minimum Gasteiger partial charge on any atom is -0.497 e. The van der Waals surface area contributed by atoms with Crippen LogP contribution in [-0.4, -0.2) is 24.9 Å². The summed E-state index contributed by atoms with van der Waals surface area (Å²) in [5.74, 6) is -2.53. The Kier molecular flexibility index (Phi) is 3.76. The molecule has 132 valence electrons. The van der Waals surface area contributed by atoms with Crippen molar-refractivity contribution in [3.8, 4) is 11.5 Å². The van der Waals surface area contributed by atoms with Gasteiger partial charge in [-0.2, -0.15) is 0 Å². The fourth-order valence-corrected chi connectivity index (χ4v) is 3.75. The molecule has 3 atom stereocenters. The van der Waals surface area contributed by atoms with Crippen molar-refractivity contribution < 1.29 is 23.9 Å². The number of hydrogen-bond acceptors (Lipinski definition) is 5. The molecule has 1 fully saturated rings. The molecule has 0 bridgehead atoms. The SMILES string of the molecule is COc1ccc(N2C(=O)C(C)C3c4ccccc4OC(=O)C3C2=O)cc1. The molecule has 0 aliphatic carbocycles. The molecule has 1 saturated heterocycles. The molecule has 0 N–H and O–H groups in total. The fourth-order valence-electron chi connectivity index (χ4n) is 3.75. The third-order valence-corrected chi connectivity index (χ3v) is 5.07. The summed E-state index contributed by atoms with van der Waals surface area (Å²) in [7, 11) is 1.54. The van der Waals surface area contributed by atoms with Gasteiger partial charge in [-0.05, 0) is 30.3 Å². The number of rotatable bonds is 2. The summed E-state index contributed by atoms with van der Waals surface area (Å²) in [5, 5.41) is 0. The lowest BCUT2D eigenvalue weighted by atomic mass is 9.72. The Morgan fingerprint density at radius 2 is 1.65 bits per heavy atom. The van der Waals surface area contributed by atoms with Gasteiger partial charge in [-0.25, -0.2) is 4.90 Å². The first-order chi connectivity index (χ1) is 12.5. The van der Waals surface area contributed by atoms with Gasteiger partial charge in [0.05, 0.1) is 12.8 Å². The van der Waals surface area contributed by atoms with Crippen molar-refractivity contribution in [2.75, 3.05) is 12.0 Å². The highest BCUT2D eigenvalue weighted by Crippen LogP contribution is 2.46. The highest BCUT2D eigenvalue weighted by atomic mass is 16.5. The molecular weight excluding hydrogens is 334 g/mol. The molecule has 2 aliphatic heterocycles. The molecule has 3 unspecified atom stereocenters. The van der Waals surface area contributed by atoms with Crippen molar-refractivity contribution >= 4 is 23.5 Å². The third kappa shape index (κ3) is 2.29. The molecule has 6 nitrogen and oxygen atoms in total. The van der Waals surface area contributed by atoms with Crippen molar-refractivity contribution in [3.05, 3.63) is 54.1 Å². The molecule has 6 heteroatoms. The van der Waals surface area contributed by atoms with Crippen LogP contribution in [0.3, 0.4) is 0 Å². The molecule has 2 aromatic rings. The Morgan fingerprint density at radius 3 is 2.35 bits per heavy atom. The molecular formula is C20H17NO5. The lowest BCUT2D eigenvalue weighted by Gasteiger charge is -2.41. The van der Waals surface area contributed by atoms with E-state index in [1.54, 1.807) is 49.4 Å². The van der Waals surface area contributed by atoms with Gasteiger partial charge in [-0.15, -0.1) is 0 Å². The molecule has 2 aliphatic rings. The lowest BCUT2D eigenvalue weighted by Crippen LogP contribution is -2.57. The predicted molar refractivity (Wildman–Crippen MR) is 93.0 cm³/mol. The Labute approximate surface area is 150 Å². The Morgan fingerprint density at radius 1 is 0.962 bits per heavy atom. The van der Waals surface area contributed by atoms with Gasteiger partial charge in [-0.3, -0.25) is 14.4 Å². The van der Waals surface area contributed by atoms with Crippen LogP contribution in [0.4, 0.5) is 5.69 Å². The summed E-state index contributed by atoms with van der Waals surface area (Å²) in [6, 6.07) is 13.6. The summed E-state index contributed by atoms with van der Waals surface area (Å²) in [4.78, 5) is 39.7. The van der Waals surface area contributed by atoms with E-state index in [0.717, 1.165) is 10.5 Å². The number of methoxy groups -OCH3 is 1. The topological polar surface area (TPSA) is 72.9 Å². The molecule has 26 heavy (non-hydrogen) atoms. The van der Waals surface area contributed by atoms with Crippen LogP contribution >= 0.6 is 0 Å². The van der Waals surface area contributed by atoms with E-state index in [4.69, 9.17) is 9.47 Å². The number of ether oxygens (including phenoxy) is 2. The van der Waals surface area contributed by atoms with Crippen molar-refractivity contribution in [1.29, 1.82) is 0 Å². The van der Waals surface area contributed by atoms with E-state index in [9.17, 15) is 14.4 Å². The van der Waals surface area contributed by atoms with Gasteiger partial charge in [0.25, 0.3) is 0 Å². The van der Waals surface area contributed by atoms with Crippen LogP contribution in [0.15, 0.2) is 48.5 Å². The monoisotopic (exact) mass is 351 g/mol. The normalized spacial score (nSPS) is 24.6. The Bertz CT molecular complexity index is 905. The molecule has 2 aromatic carbocycles. The van der Waals surface area contributed by atoms with E-state index >= 15 is 0 Å². The largest absolute Gasteiger partial charge is 0.497 e. The molecule has 0 aromatic heterocycles. The van der Waals surface area contributed by atoms with E-state index < -0.39 is 29.6 Å². The van der Waals surface area contributed by atoms with Gasteiger partial charge in [0.15, 0.2) is 0 Å². The molecule has 4 rings (SSSR count). The van der Waals surface area contributed by atoms with Crippen LogP contribution < -0.4 is 14.4 Å². The van der Waals surface area contributed by atoms with Crippen LogP contribution in [0.1, 0.15) is 18.4 Å². The number of hydrogen-bond donors (Lipinski definition) is 0. The number of carbonyl (C=O) groups excluding carboxylic acids is 3. The zero-order valence-electron chi connectivity index (χ0n) is 14.3. The van der Waals surface area contributed by atoms with Gasteiger partial charge in [0, 0.05) is 17.4 Å². The van der Waals surface area contributed by atoms with Gasteiger partial charge in [-0.1, -0.05) is 25.1 Å². The summed E-state index contributed by atoms with van der Waals surface area (Å²) in [5.41, 5.74) is 1.14. The second kappa shape index (κ2) is 5.98. The minimum atomic E-state index is -1.03. The molecule has 0 spiro atoms. The molecule has 0 saturated carbocycles. The average molecular weight is 351 g/mol. The first-order valence-corrected chi connectivity index (χ1v) is 8.35. The zero-order valence-corrected chi connectivity index (χ0v) is 14.3. The van der Waals surface area contributed by atoms with Crippen molar-refractivity contribution in [1.82, 2.24) is 0 Å². The van der Waals surface area contributed by atoms with E-state index in [-0.39, 0.29) is 5.91 Å². The van der Waals surface area contributed by atoms with Crippen molar-refractivity contribution in [2.45, 2.75) is 12.8 Å². The van der Waals surface area contributed by atoms with E-state index in [0.29, 0.717) is 17.2 Å². The smallest absolute Gasteiger partial charge is 0.324 e. The quantitative estimate of drug-likeness (QED) is 0.360. The Balaban J connectivity index is 1.78. The summed E-state index contributed by atoms with van der Waals surface area (Å²) >= 11 is 0. The first kappa shape index (κ1) is 16.3. The maximum Gasteiger partial charge on any atom is 0.324 e. The van der Waals surface area contributed by atoms with Gasteiger partial charge >= 0.3 is 5.97 Å². The Hall–Kier alpha value is -3.15. The maximum absolute atomic E-state index is 13.1. The minimum absolute atomic E-state index is 0.328. The number of piperidine rings is 1. The number of benzene rings is 2. The number of imide groups is 1. The maximum atomic E-state index is 13.1. The summed E-state index contributed by atoms with van der Waals surface area (Å²) < 4.78 is 10.5. The number of para-hydroxylation sites is 1. The molecule has 0 radical (unpaired) electrons. The summed E-state index contributed by atoms with van der Waals surface area (Å²) in [6.45, 7) is 1.75. The lowest BCUT2D eigenvalue weighted by molar-refractivity contribution is -0.151. The van der Waals surface area contributed by atoms with Gasteiger partial charge in [0.2, 0.25) is 11.8 Å². The number of fused-ring (bicyclic) bond motifs is 3. The number of esters is 1. The number of carbonyl (C=O) groups is 3. The zero-order chi connectivity index (χ0) is 18.4. The number of anilines is 1. The predicted octanol–water partition coefficient (Wildman–Crippen LogP) is 2.52. The van der Waals surface area contributed by atoms with E-state index in [1.165, 1.54) is 7.11 Å². The highest BCUT2D eigenvalue weighted by Gasteiger charge is 2.54. The average Bonchev–Trinajstić information content (AvgIpc) is 2.66. The number of nitrogens with zero attached hydrogens (tertiary/aromatic N) is 1. The number of amides is 2. The molecule has 2 amide bonds. The van der Waals surface area contributed by atoms with Crippen molar-refractivity contribution in [3.63, 3.8) is 0 Å². The van der Waals surface area contributed by atoms with Gasteiger partial charge in [0.1, 0.15) is 17.4 Å². The van der Waals surface area contributed by atoms with Gasteiger partial charge < -0.3 is 9.47 Å². The first-order valence-electron chi connectivity index (χ1n) is 8.35. The van der Waals surface area contributed by atoms with Crippen LogP contribution in [0.5, 0.6) is 11.5 Å². The van der Waals surface area contributed by atoms with Crippen LogP contribution in [-0.2, 0) is 14.4 Å². The van der Waals surface area contributed by atoms with E-state index in [1.807, 2.05) is 6.07 Å². The molecule has 2 heterocycles. The second-order valence-electron chi connectivity index (χ2n) is 6.46. The van der Waals surface area contributed by atoms with E-state index in [2.05, 4.69) is 0 Å².